The van der Waals surface area contributed by atoms with Crippen LogP contribution in [-0.4, -0.2) is 33.2 Å². The van der Waals surface area contributed by atoms with E-state index in [1.807, 2.05) is 24.3 Å². The number of hydrogen-bond acceptors (Lipinski definition) is 4. The van der Waals surface area contributed by atoms with Crippen LogP contribution >= 0.6 is 0 Å². The summed E-state index contributed by atoms with van der Waals surface area (Å²) < 4.78 is 0. The van der Waals surface area contributed by atoms with Crippen LogP contribution in [0.2, 0.25) is 0 Å². The number of aryl methyl sites for hydroxylation is 2. The first-order valence-corrected chi connectivity index (χ1v) is 23.0. The lowest BCUT2D eigenvalue weighted by molar-refractivity contribution is -0.122. The van der Waals surface area contributed by atoms with Gasteiger partial charge in [0.25, 0.3) is 0 Å². The Balaban J connectivity index is 0.912. The fraction of sp³-hybridized carbons (Fsp3) is 0.298. The van der Waals surface area contributed by atoms with E-state index in [-0.39, 0.29) is 23.9 Å². The van der Waals surface area contributed by atoms with E-state index in [1.54, 1.807) is 0 Å². The van der Waals surface area contributed by atoms with Crippen LogP contribution in [0.1, 0.15) is 129 Å². The molecule has 8 nitrogen and oxygen atoms in total. The maximum Gasteiger partial charge on any atom is 0.220 e. The van der Waals surface area contributed by atoms with E-state index in [4.69, 9.17) is 9.98 Å². The molecule has 8 rings (SSSR count). The van der Waals surface area contributed by atoms with Crippen LogP contribution in [-0.2, 0) is 22.4 Å². The number of carbonyl (C=O) groups is 2. The standard InChI is InChI=1S/C57H62N6O2/c1-32-44(25-27-56(64)62-38(7)46-23-15-19-42-17-11-13-21-48(42)46)36(5)58-52(32)30-54-34(3)50(40(9)60-54)29-51-35(4)55(61-41(51)10)31-53-33(2)45(37(6)59-53)26-28-57(65)63-39(8)47-24-16-20-43-18-12-14-22-49(43)47/h11-24,30-31,38-39,58-59H,25-29H2,1-10H3,(H,62,64)(H,63,65)/b54-30+,55-31?/t38-,39-/m0/s1. The lowest BCUT2D eigenvalue weighted by Crippen LogP contribution is -2.27. The number of nitrogens with one attached hydrogen (secondary N) is 4. The monoisotopic (exact) mass is 862 g/mol. The third-order valence-corrected chi connectivity index (χ3v) is 13.8. The Kier molecular flexibility index (Phi) is 12.9. The normalized spacial score (nSPS) is 16.3. The Morgan fingerprint density at radius 1 is 0.554 bits per heavy atom. The zero-order chi connectivity index (χ0) is 46.1. The molecular formula is C57H62N6O2. The van der Waals surface area contributed by atoms with Gasteiger partial charge in [0.1, 0.15) is 0 Å². The fourth-order valence-corrected chi connectivity index (χ4v) is 9.95. The first kappa shape index (κ1) is 44.8. The number of rotatable bonds is 14. The van der Waals surface area contributed by atoms with E-state index >= 15 is 0 Å². The molecule has 2 aliphatic heterocycles. The number of benzene rings is 4. The summed E-state index contributed by atoms with van der Waals surface area (Å²) in [5.74, 6) is 0.0853. The van der Waals surface area contributed by atoms with Crippen molar-refractivity contribution in [3.05, 3.63) is 175 Å². The second-order valence-electron chi connectivity index (χ2n) is 18.1. The van der Waals surface area contributed by atoms with Gasteiger partial charge in [-0.2, -0.15) is 0 Å². The third-order valence-electron chi connectivity index (χ3n) is 13.8. The first-order chi connectivity index (χ1) is 31.2. The molecule has 2 atom stereocenters. The number of aromatic amines is 2. The number of hydrogen-bond donors (Lipinski definition) is 4. The van der Waals surface area contributed by atoms with E-state index in [0.717, 1.165) is 74.3 Å². The lowest BCUT2D eigenvalue weighted by atomic mass is 9.93. The molecular weight excluding hydrogens is 801 g/mol. The van der Waals surface area contributed by atoms with E-state index in [0.29, 0.717) is 25.7 Å². The highest BCUT2D eigenvalue weighted by atomic mass is 16.2. The molecule has 0 aliphatic carbocycles. The summed E-state index contributed by atoms with van der Waals surface area (Å²) in [4.78, 5) is 43.8. The number of amides is 2. The Morgan fingerprint density at radius 3 is 1.35 bits per heavy atom. The largest absolute Gasteiger partial charge is 0.359 e. The summed E-state index contributed by atoms with van der Waals surface area (Å²) >= 11 is 0. The first-order valence-electron chi connectivity index (χ1n) is 23.0. The molecule has 6 aromatic rings. The van der Waals surface area contributed by atoms with Gasteiger partial charge in [0.05, 0.1) is 23.5 Å². The average Bonchev–Trinajstić information content (AvgIpc) is 3.92. The van der Waals surface area contributed by atoms with E-state index < -0.39 is 0 Å². The smallest absolute Gasteiger partial charge is 0.220 e. The van der Waals surface area contributed by atoms with E-state index in [1.165, 1.54) is 55.0 Å². The van der Waals surface area contributed by atoms with Gasteiger partial charge in [-0.15, -0.1) is 0 Å². The van der Waals surface area contributed by atoms with Crippen molar-refractivity contribution < 1.29 is 9.59 Å². The van der Waals surface area contributed by atoms with Gasteiger partial charge in [0.15, 0.2) is 0 Å². The number of aromatic nitrogens is 2. The van der Waals surface area contributed by atoms with Gasteiger partial charge >= 0.3 is 0 Å². The van der Waals surface area contributed by atoms with Crippen LogP contribution in [0.3, 0.4) is 0 Å². The van der Waals surface area contributed by atoms with E-state index in [2.05, 4.69) is 163 Å². The molecule has 0 unspecified atom stereocenters. The Morgan fingerprint density at radius 2 is 0.938 bits per heavy atom. The molecule has 332 valence electrons. The summed E-state index contributed by atoms with van der Waals surface area (Å²) in [6.45, 7) is 21.1. The van der Waals surface area contributed by atoms with Crippen LogP contribution in [0, 0.1) is 27.7 Å². The molecule has 0 spiro atoms. The molecule has 0 saturated carbocycles. The van der Waals surface area contributed by atoms with Crippen molar-refractivity contribution in [2.24, 2.45) is 9.98 Å². The molecule has 0 saturated heterocycles. The molecule has 4 aromatic carbocycles. The number of allylic oxidation sites excluding steroid dienone is 4. The summed E-state index contributed by atoms with van der Waals surface area (Å²) in [5.41, 5.74) is 19.9. The summed E-state index contributed by atoms with van der Waals surface area (Å²) in [7, 11) is 0. The minimum Gasteiger partial charge on any atom is -0.359 e. The van der Waals surface area contributed by atoms with Crippen molar-refractivity contribution in [3.63, 3.8) is 0 Å². The average molecular weight is 863 g/mol. The molecule has 65 heavy (non-hydrogen) atoms. The highest BCUT2D eigenvalue weighted by Crippen LogP contribution is 2.37. The molecule has 2 aliphatic rings. The van der Waals surface area contributed by atoms with Gasteiger partial charge in [-0.1, -0.05) is 84.9 Å². The zero-order valence-corrected chi connectivity index (χ0v) is 39.6. The number of H-pyrrole nitrogens is 2. The maximum absolute atomic E-state index is 13.2. The Bertz CT molecular complexity index is 2850. The predicted molar refractivity (Wildman–Crippen MR) is 270 cm³/mol. The summed E-state index contributed by atoms with van der Waals surface area (Å²) in [6.07, 6.45) is 7.19. The van der Waals surface area contributed by atoms with Crippen LogP contribution in [0.5, 0.6) is 0 Å². The SMILES string of the molecule is CC1=NC(=Cc2[nH]c(C)c(CCC(=O)N[C@@H](C)c3cccc4ccccc34)c2C)C(C)=C1CC1=C(C)/C(=C\c2[nH]c(C)c(CCC(=O)N[C@@H](C)c3cccc4ccccc34)c2C)N=C1C. The topological polar surface area (TPSA) is 114 Å². The summed E-state index contributed by atoms with van der Waals surface area (Å²) in [6, 6.07) is 29.0. The van der Waals surface area contributed by atoms with Gasteiger partial charge in [-0.25, -0.2) is 0 Å². The second-order valence-corrected chi connectivity index (χ2v) is 18.1. The van der Waals surface area contributed by atoms with Crippen molar-refractivity contribution in [3.8, 4) is 0 Å². The molecule has 0 bridgehead atoms. The molecule has 0 fully saturated rings. The number of aliphatic imine (C=N–C) groups is 2. The van der Waals surface area contributed by atoms with Crippen LogP contribution in [0.25, 0.3) is 33.7 Å². The molecule has 2 amide bonds. The molecule has 2 aromatic heterocycles. The molecule has 0 radical (unpaired) electrons. The second kappa shape index (κ2) is 18.7. The van der Waals surface area contributed by atoms with Gasteiger partial charge in [-0.05, 0) is 171 Å². The Labute approximate surface area is 383 Å². The van der Waals surface area contributed by atoms with Crippen LogP contribution in [0.4, 0.5) is 0 Å². The van der Waals surface area contributed by atoms with Crippen molar-refractivity contribution in [2.45, 2.75) is 113 Å². The minimum atomic E-state index is -0.0912. The number of nitrogens with zero attached hydrogens (tertiary/aromatic N) is 2. The van der Waals surface area contributed by atoms with Crippen LogP contribution in [0.15, 0.2) is 129 Å². The zero-order valence-electron chi connectivity index (χ0n) is 39.6. The molecule has 4 heterocycles. The lowest BCUT2D eigenvalue weighted by Gasteiger charge is -2.17. The van der Waals surface area contributed by atoms with E-state index in [9.17, 15) is 9.59 Å². The maximum atomic E-state index is 13.2. The number of carbonyl (C=O) groups excluding carboxylic acids is 2. The van der Waals surface area contributed by atoms with Gasteiger partial charge in [0, 0.05) is 53.5 Å². The van der Waals surface area contributed by atoms with Crippen LogP contribution < -0.4 is 10.6 Å². The Hall–Kier alpha value is -6.80. The van der Waals surface area contributed by atoms with Crippen molar-refractivity contribution in [1.82, 2.24) is 20.6 Å². The molecule has 8 heteroatoms. The van der Waals surface area contributed by atoms with Crippen molar-refractivity contribution in [1.29, 1.82) is 0 Å². The van der Waals surface area contributed by atoms with Crippen molar-refractivity contribution >= 4 is 56.9 Å². The number of fused-ring (bicyclic) bond motifs is 2. The fourth-order valence-electron chi connectivity index (χ4n) is 9.95. The predicted octanol–water partition coefficient (Wildman–Crippen LogP) is 12.9. The third kappa shape index (κ3) is 9.26. The highest BCUT2D eigenvalue weighted by Gasteiger charge is 2.26. The van der Waals surface area contributed by atoms with Crippen molar-refractivity contribution in [2.75, 3.05) is 0 Å². The minimum absolute atomic E-state index is 0.0426. The molecule has 4 N–H and O–H groups in total. The van der Waals surface area contributed by atoms with Gasteiger partial charge < -0.3 is 20.6 Å². The quantitative estimate of drug-likeness (QED) is 0.0873. The van der Waals surface area contributed by atoms with Gasteiger partial charge in [-0.3, -0.25) is 19.6 Å². The van der Waals surface area contributed by atoms with Gasteiger partial charge in [0.2, 0.25) is 11.8 Å². The highest BCUT2D eigenvalue weighted by molar-refractivity contribution is 6.09. The summed E-state index contributed by atoms with van der Waals surface area (Å²) in [5, 5.41) is 11.2.